The molecule has 0 amide bonds. The highest BCUT2D eigenvalue weighted by Crippen LogP contribution is 2.42. The van der Waals surface area contributed by atoms with Crippen molar-refractivity contribution in [2.75, 3.05) is 0 Å². The highest BCUT2D eigenvalue weighted by molar-refractivity contribution is 6.26. The lowest BCUT2D eigenvalue weighted by Gasteiger charge is -2.30. The molecule has 1 heterocycles. The summed E-state index contributed by atoms with van der Waals surface area (Å²) in [7, 11) is 0. The van der Waals surface area contributed by atoms with Gasteiger partial charge in [-0.1, -0.05) is 67.6 Å². The highest BCUT2D eigenvalue weighted by Gasteiger charge is 2.41. The number of carbonyl (C=O) groups is 3. The van der Waals surface area contributed by atoms with E-state index < -0.39 is 11.9 Å². The van der Waals surface area contributed by atoms with Crippen molar-refractivity contribution < 1.29 is 23.9 Å². The largest absolute Gasteiger partial charge is 0.478 e. The first-order valence-electron chi connectivity index (χ1n) is 12.2. The average Bonchev–Trinajstić information content (AvgIpc) is 2.94. The molecule has 2 unspecified atom stereocenters. The van der Waals surface area contributed by atoms with Crippen LogP contribution in [0.25, 0.3) is 21.5 Å². The first-order valence-corrected chi connectivity index (χ1v) is 12.2. The van der Waals surface area contributed by atoms with Gasteiger partial charge in [0.2, 0.25) is 0 Å². The number of hydrogen-bond donors (Lipinski definition) is 1. The summed E-state index contributed by atoms with van der Waals surface area (Å²) in [6.07, 6.45) is 4.40. The molecule has 1 N–H and O–H groups in total. The first-order chi connectivity index (χ1) is 18.4. The fourth-order valence-corrected chi connectivity index (χ4v) is 5.10. The second kappa shape index (κ2) is 10.3. The van der Waals surface area contributed by atoms with E-state index in [1.807, 2.05) is 43.3 Å². The zero-order valence-electron chi connectivity index (χ0n) is 20.5. The molecule has 4 aromatic carbocycles. The van der Waals surface area contributed by atoms with Crippen LogP contribution in [0, 0.1) is 5.82 Å². The Hall–Kier alpha value is -4.78. The van der Waals surface area contributed by atoms with Gasteiger partial charge in [-0.25, -0.2) is 19.2 Å². The van der Waals surface area contributed by atoms with Crippen LogP contribution in [0.4, 0.5) is 4.39 Å². The number of carbonyl (C=O) groups excluding carboxylic acids is 2. The number of halogens is 1. The number of aromatic nitrogens is 2. The Labute approximate surface area is 217 Å². The molecule has 0 bridgehead atoms. The number of benzene rings is 4. The van der Waals surface area contributed by atoms with E-state index in [-0.39, 0.29) is 28.9 Å². The average molecular weight is 507 g/mol. The maximum absolute atomic E-state index is 13.6. The smallest absolute Gasteiger partial charge is 0.338 e. The number of rotatable bonds is 3. The van der Waals surface area contributed by atoms with Gasteiger partial charge in [0.15, 0.2) is 11.6 Å². The molecule has 0 radical (unpaired) electrons. The predicted octanol–water partition coefficient (Wildman–Crippen LogP) is 6.35. The molecular weight excluding hydrogens is 483 g/mol. The lowest BCUT2D eigenvalue weighted by molar-refractivity contribution is -0.121. The summed E-state index contributed by atoms with van der Waals surface area (Å²) in [6, 6.07) is 21.8. The van der Waals surface area contributed by atoms with Crippen molar-refractivity contribution in [3.63, 3.8) is 0 Å². The van der Waals surface area contributed by atoms with Gasteiger partial charge in [-0.05, 0) is 51.2 Å². The van der Waals surface area contributed by atoms with Crippen LogP contribution < -0.4 is 0 Å². The van der Waals surface area contributed by atoms with Gasteiger partial charge < -0.3 is 5.11 Å². The molecule has 6 rings (SSSR count). The Kier molecular flexibility index (Phi) is 6.75. The van der Waals surface area contributed by atoms with E-state index in [2.05, 4.69) is 22.1 Å². The molecule has 1 aliphatic rings. The van der Waals surface area contributed by atoms with Crippen LogP contribution in [0.5, 0.6) is 0 Å². The van der Waals surface area contributed by atoms with Crippen LogP contribution in [0.3, 0.4) is 0 Å². The van der Waals surface area contributed by atoms with Crippen LogP contribution in [0.2, 0.25) is 0 Å². The minimum absolute atomic E-state index is 0.100. The van der Waals surface area contributed by atoms with Gasteiger partial charge in [-0.2, -0.15) is 0 Å². The molecule has 1 aliphatic carbocycles. The Morgan fingerprint density at radius 3 is 2.21 bits per heavy atom. The fourth-order valence-electron chi connectivity index (χ4n) is 5.10. The van der Waals surface area contributed by atoms with Crippen molar-refractivity contribution in [1.82, 2.24) is 9.97 Å². The molecule has 0 fully saturated rings. The molecule has 2 atom stereocenters. The lowest BCUT2D eigenvalue weighted by atomic mass is 9.70. The van der Waals surface area contributed by atoms with Gasteiger partial charge in [0.05, 0.1) is 5.56 Å². The number of carboxylic acids is 1. The van der Waals surface area contributed by atoms with Crippen molar-refractivity contribution in [3.05, 3.63) is 120 Å². The van der Waals surface area contributed by atoms with Gasteiger partial charge in [0, 0.05) is 23.9 Å². The van der Waals surface area contributed by atoms with Crippen LogP contribution >= 0.6 is 0 Å². The number of Topliss-reactive ketones (excluding diaryl/α,β-unsaturated/α-hetero) is 2. The van der Waals surface area contributed by atoms with Crippen molar-refractivity contribution in [3.8, 4) is 0 Å². The van der Waals surface area contributed by atoms with Crippen molar-refractivity contribution in [1.29, 1.82) is 0 Å². The summed E-state index contributed by atoms with van der Waals surface area (Å²) in [5.41, 5.74) is 2.11. The molecular formula is C31H23FN2O4. The van der Waals surface area contributed by atoms with Gasteiger partial charge >= 0.3 is 5.97 Å². The predicted molar refractivity (Wildman–Crippen MR) is 142 cm³/mol. The Bertz CT molecular complexity index is 1680. The van der Waals surface area contributed by atoms with Crippen LogP contribution in [0.15, 0.2) is 91.5 Å². The first kappa shape index (κ1) is 24.9. The molecule has 0 saturated heterocycles. The van der Waals surface area contributed by atoms with Crippen LogP contribution in [0.1, 0.15) is 57.0 Å². The second-order valence-electron chi connectivity index (χ2n) is 9.06. The number of nitrogens with zero attached hydrogens (tertiary/aromatic N) is 2. The molecule has 188 valence electrons. The van der Waals surface area contributed by atoms with Crippen LogP contribution in [-0.2, 0) is 4.79 Å². The lowest BCUT2D eigenvalue weighted by Crippen LogP contribution is -2.33. The standard InChI is InChI=1S/C26H19FO2.C5H4N2O2/c1-2-18-21-14-13-20-19-6-4-3-5-15(19)9-12-22(20)24(21)26(29)23(25(18)28)16-7-10-17(27)11-8-16;8-5(9)4-1-6-3-7-2-4/h3-14,18,23H,2H2,1H3;1-3H,(H,8,9). The third kappa shape index (κ3) is 4.43. The van der Waals surface area contributed by atoms with Crippen molar-refractivity contribution in [2.45, 2.75) is 25.2 Å². The van der Waals surface area contributed by atoms with E-state index in [1.165, 1.54) is 30.9 Å². The van der Waals surface area contributed by atoms with Gasteiger partial charge in [0.25, 0.3) is 0 Å². The summed E-state index contributed by atoms with van der Waals surface area (Å²) < 4.78 is 13.4. The van der Waals surface area contributed by atoms with Gasteiger partial charge in [-0.15, -0.1) is 0 Å². The topological polar surface area (TPSA) is 97.2 Å². The number of carboxylic acid groups (broad SMARTS) is 1. The summed E-state index contributed by atoms with van der Waals surface area (Å²) in [6.45, 7) is 1.97. The second-order valence-corrected chi connectivity index (χ2v) is 9.06. The molecule has 1 aromatic heterocycles. The quantitative estimate of drug-likeness (QED) is 0.226. The molecule has 5 aromatic rings. The molecule has 0 saturated carbocycles. The minimum Gasteiger partial charge on any atom is -0.478 e. The summed E-state index contributed by atoms with van der Waals surface area (Å²) >= 11 is 0. The number of hydrogen-bond acceptors (Lipinski definition) is 5. The van der Waals surface area contributed by atoms with E-state index in [0.717, 1.165) is 27.1 Å². The number of ketones is 2. The van der Waals surface area contributed by atoms with Crippen molar-refractivity contribution in [2.24, 2.45) is 0 Å². The molecule has 0 spiro atoms. The van der Waals surface area contributed by atoms with Crippen LogP contribution in [-0.4, -0.2) is 32.6 Å². The summed E-state index contributed by atoms with van der Waals surface area (Å²) in [4.78, 5) is 44.0. The molecule has 38 heavy (non-hydrogen) atoms. The third-order valence-corrected chi connectivity index (χ3v) is 6.89. The van der Waals surface area contributed by atoms with E-state index in [0.29, 0.717) is 17.5 Å². The maximum Gasteiger partial charge on any atom is 0.338 e. The summed E-state index contributed by atoms with van der Waals surface area (Å²) in [5.74, 6) is -2.90. The fraction of sp³-hybridized carbons (Fsp3) is 0.129. The molecule has 7 heteroatoms. The number of fused-ring (bicyclic) bond motifs is 5. The highest BCUT2D eigenvalue weighted by atomic mass is 19.1. The Morgan fingerprint density at radius 1 is 0.868 bits per heavy atom. The third-order valence-electron chi connectivity index (χ3n) is 6.89. The Balaban J connectivity index is 0.000000278. The van der Waals surface area contributed by atoms with E-state index in [9.17, 15) is 18.8 Å². The van der Waals surface area contributed by atoms with Gasteiger partial charge in [-0.3, -0.25) is 9.59 Å². The minimum atomic E-state index is -1.00. The zero-order chi connectivity index (χ0) is 26.8. The molecule has 0 aliphatic heterocycles. The summed E-state index contributed by atoms with van der Waals surface area (Å²) in [5, 5.41) is 12.4. The maximum atomic E-state index is 13.6. The van der Waals surface area contributed by atoms with E-state index >= 15 is 0 Å². The van der Waals surface area contributed by atoms with Gasteiger partial charge in [0.1, 0.15) is 18.1 Å². The van der Waals surface area contributed by atoms with Crippen molar-refractivity contribution >= 4 is 39.1 Å². The monoisotopic (exact) mass is 506 g/mol. The normalized spacial score (nSPS) is 16.6. The molecule has 6 nitrogen and oxygen atoms in total. The van der Waals surface area contributed by atoms with E-state index in [1.54, 1.807) is 12.1 Å². The Morgan fingerprint density at radius 2 is 1.55 bits per heavy atom. The number of aromatic carboxylic acids is 1. The van der Waals surface area contributed by atoms with E-state index in [4.69, 9.17) is 5.11 Å². The SMILES string of the molecule is CCC1C(=O)C(c2ccc(F)cc2)C(=O)c2c1ccc1c2ccc2ccccc21.O=C(O)c1cncnc1. The zero-order valence-corrected chi connectivity index (χ0v) is 20.5.